The van der Waals surface area contributed by atoms with Gasteiger partial charge in [0.1, 0.15) is 23.4 Å². The van der Waals surface area contributed by atoms with E-state index < -0.39 is 35.5 Å². The highest BCUT2D eigenvalue weighted by atomic mass is 19.1. The van der Waals surface area contributed by atoms with E-state index in [0.29, 0.717) is 11.5 Å². The Kier molecular flexibility index (Phi) is 10.7. The second kappa shape index (κ2) is 16.0. The minimum absolute atomic E-state index is 0.0296. The molecule has 1 atom stereocenters. The molecule has 3 N–H and O–H groups in total. The molecule has 4 heterocycles. The van der Waals surface area contributed by atoms with Crippen molar-refractivity contribution in [3.8, 4) is 11.5 Å². The van der Waals surface area contributed by atoms with Crippen LogP contribution in [0.25, 0.3) is 11.1 Å². The summed E-state index contributed by atoms with van der Waals surface area (Å²) in [4.78, 5) is 56.4. The molecule has 0 spiro atoms. The Bertz CT molecular complexity index is 2220. The van der Waals surface area contributed by atoms with Crippen LogP contribution in [0.1, 0.15) is 101 Å². The van der Waals surface area contributed by atoms with Crippen LogP contribution in [0.5, 0.6) is 11.5 Å². The van der Waals surface area contributed by atoms with Crippen molar-refractivity contribution in [3.05, 3.63) is 124 Å². The van der Waals surface area contributed by atoms with Gasteiger partial charge in [-0.25, -0.2) is 4.39 Å². The maximum atomic E-state index is 15.5. The zero-order chi connectivity index (χ0) is 39.8. The molecule has 294 valence electrons. The summed E-state index contributed by atoms with van der Waals surface area (Å²) >= 11 is 0. The number of nitrogens with one attached hydrogen (secondary N) is 1. The lowest BCUT2D eigenvalue weighted by Gasteiger charge is -2.38. The number of fused-ring (bicyclic) bond motifs is 1. The molecular weight excluding hydrogens is 724 g/mol. The molecule has 10 nitrogen and oxygen atoms in total. The number of halogens is 1. The number of benzene rings is 4. The van der Waals surface area contributed by atoms with Gasteiger partial charge in [-0.2, -0.15) is 0 Å². The van der Waals surface area contributed by atoms with Crippen LogP contribution in [0.2, 0.25) is 0 Å². The Morgan fingerprint density at radius 3 is 1.86 bits per heavy atom. The summed E-state index contributed by atoms with van der Waals surface area (Å²) in [5.74, 6) is -2.02. The average molecular weight is 771 g/mol. The molecule has 0 aliphatic carbocycles. The van der Waals surface area contributed by atoms with Crippen LogP contribution < -0.4 is 10.2 Å². The van der Waals surface area contributed by atoms with Crippen molar-refractivity contribution in [1.29, 1.82) is 0 Å². The van der Waals surface area contributed by atoms with Crippen molar-refractivity contribution < 1.29 is 33.8 Å². The Morgan fingerprint density at radius 1 is 0.719 bits per heavy atom. The SMILES string of the molecule is CCC(=C(c1ccc(O)cc1)c1ccc(N2CCC(CN3CCC(c4cc5c(cc4F)C(=O)N(C4CCC(=O)NC4=O)C5=O)CC3)CC2)cc1)c1ccc(O)cc1. The third kappa shape index (κ3) is 7.68. The summed E-state index contributed by atoms with van der Waals surface area (Å²) in [5.41, 5.74) is 7.10. The van der Waals surface area contributed by atoms with Crippen molar-refractivity contribution in [3.63, 3.8) is 0 Å². The molecule has 0 saturated carbocycles. The number of phenols is 2. The third-order valence-electron chi connectivity index (χ3n) is 12.3. The van der Waals surface area contributed by atoms with Crippen molar-refractivity contribution in [2.45, 2.75) is 63.8 Å². The zero-order valence-electron chi connectivity index (χ0n) is 32.0. The number of likely N-dealkylation sites (tertiary alicyclic amines) is 1. The molecule has 4 aliphatic heterocycles. The van der Waals surface area contributed by atoms with Gasteiger partial charge in [-0.1, -0.05) is 43.3 Å². The normalized spacial score (nSPS) is 20.1. The summed E-state index contributed by atoms with van der Waals surface area (Å²) in [6.45, 7) is 6.66. The predicted octanol–water partition coefficient (Wildman–Crippen LogP) is 7.10. The van der Waals surface area contributed by atoms with Crippen molar-refractivity contribution in [1.82, 2.24) is 15.1 Å². The van der Waals surface area contributed by atoms with E-state index in [0.717, 1.165) is 104 Å². The van der Waals surface area contributed by atoms with E-state index in [1.807, 2.05) is 24.3 Å². The molecule has 11 heteroatoms. The van der Waals surface area contributed by atoms with E-state index >= 15 is 4.39 Å². The number of hydrogen-bond donors (Lipinski definition) is 3. The van der Waals surface area contributed by atoms with Crippen LogP contribution in [0.15, 0.2) is 84.9 Å². The van der Waals surface area contributed by atoms with Crippen LogP contribution in [-0.4, -0.2) is 82.4 Å². The maximum Gasteiger partial charge on any atom is 0.262 e. The minimum Gasteiger partial charge on any atom is -0.508 e. The first-order chi connectivity index (χ1) is 27.6. The lowest BCUT2D eigenvalue weighted by molar-refractivity contribution is -0.136. The van der Waals surface area contributed by atoms with E-state index in [4.69, 9.17) is 0 Å². The number of carbonyl (C=O) groups excluding carboxylic acids is 4. The summed E-state index contributed by atoms with van der Waals surface area (Å²) in [6, 6.07) is 24.9. The van der Waals surface area contributed by atoms with E-state index in [9.17, 15) is 29.4 Å². The van der Waals surface area contributed by atoms with Crippen molar-refractivity contribution >= 4 is 40.5 Å². The Morgan fingerprint density at radius 2 is 1.28 bits per heavy atom. The number of piperidine rings is 3. The Hall–Kier alpha value is -5.81. The number of aromatic hydroxyl groups is 2. The van der Waals surface area contributed by atoms with Gasteiger partial charge in [0, 0.05) is 31.7 Å². The number of amides is 4. The lowest BCUT2D eigenvalue weighted by atomic mass is 9.86. The fourth-order valence-corrected chi connectivity index (χ4v) is 9.16. The summed E-state index contributed by atoms with van der Waals surface area (Å²) in [5, 5.41) is 22.1. The monoisotopic (exact) mass is 770 g/mol. The average Bonchev–Trinajstić information content (AvgIpc) is 3.45. The first-order valence-corrected chi connectivity index (χ1v) is 20.0. The number of anilines is 1. The quantitative estimate of drug-likeness (QED) is 0.121. The summed E-state index contributed by atoms with van der Waals surface area (Å²) < 4.78 is 15.5. The number of nitrogens with zero attached hydrogens (tertiary/aromatic N) is 3. The Labute approximate surface area is 331 Å². The molecule has 8 rings (SSSR count). The summed E-state index contributed by atoms with van der Waals surface area (Å²) in [6.07, 6.45) is 4.50. The second-order valence-corrected chi connectivity index (χ2v) is 15.7. The number of imide groups is 2. The van der Waals surface area contributed by atoms with Gasteiger partial charge >= 0.3 is 0 Å². The number of hydrogen-bond acceptors (Lipinski definition) is 8. The number of rotatable bonds is 9. The topological polar surface area (TPSA) is 130 Å². The van der Waals surface area contributed by atoms with Gasteiger partial charge < -0.3 is 20.0 Å². The fourth-order valence-electron chi connectivity index (χ4n) is 9.16. The van der Waals surface area contributed by atoms with Crippen molar-refractivity contribution in [2.75, 3.05) is 37.6 Å². The van der Waals surface area contributed by atoms with Gasteiger partial charge in [-0.3, -0.25) is 29.4 Å². The standard InChI is InChI=1S/C46H47FN4O6/c1-2-36(29-5-11-34(52)12-6-29)43(32-7-13-35(53)14-8-32)31-3-9-33(10-4-31)50-23-17-28(18-24-50)27-49-21-19-30(20-22-49)37-25-38-39(26-40(37)47)46(57)51(45(38)56)41-15-16-42(54)48-44(41)55/h3-14,25-26,28,30,41,52-53H,2,15-24,27H2,1H3,(H,48,54,55). The molecule has 4 aromatic carbocycles. The highest BCUT2D eigenvalue weighted by molar-refractivity contribution is 6.23. The van der Waals surface area contributed by atoms with Crippen LogP contribution in [0.3, 0.4) is 0 Å². The summed E-state index contributed by atoms with van der Waals surface area (Å²) in [7, 11) is 0. The van der Waals surface area contributed by atoms with Gasteiger partial charge in [0.25, 0.3) is 11.8 Å². The molecule has 1 unspecified atom stereocenters. The first kappa shape index (κ1) is 38.1. The molecule has 0 aromatic heterocycles. The van der Waals surface area contributed by atoms with Gasteiger partial charge in [0.05, 0.1) is 11.1 Å². The fraction of sp³-hybridized carbons (Fsp3) is 0.348. The van der Waals surface area contributed by atoms with Gasteiger partial charge in [-0.15, -0.1) is 0 Å². The maximum absolute atomic E-state index is 15.5. The molecule has 0 radical (unpaired) electrons. The Balaban J connectivity index is 0.875. The molecule has 0 bridgehead atoms. The van der Waals surface area contributed by atoms with E-state index in [1.165, 1.54) is 11.8 Å². The van der Waals surface area contributed by atoms with Crippen molar-refractivity contribution in [2.24, 2.45) is 5.92 Å². The van der Waals surface area contributed by atoms with E-state index in [1.54, 1.807) is 24.3 Å². The smallest absolute Gasteiger partial charge is 0.262 e. The first-order valence-electron chi connectivity index (χ1n) is 20.0. The molecule has 3 saturated heterocycles. The third-order valence-corrected chi connectivity index (χ3v) is 12.3. The number of allylic oxidation sites excluding steroid dienone is 1. The van der Waals surface area contributed by atoms with E-state index in [-0.39, 0.29) is 41.4 Å². The van der Waals surface area contributed by atoms with Crippen LogP contribution in [0, 0.1) is 11.7 Å². The largest absolute Gasteiger partial charge is 0.508 e. The molecule has 4 amide bonds. The molecule has 4 aromatic rings. The lowest BCUT2D eigenvalue weighted by Crippen LogP contribution is -2.54. The van der Waals surface area contributed by atoms with Gasteiger partial charge in [0.2, 0.25) is 11.8 Å². The molecule has 57 heavy (non-hydrogen) atoms. The highest BCUT2D eigenvalue weighted by Crippen LogP contribution is 2.38. The number of carbonyl (C=O) groups is 4. The van der Waals surface area contributed by atoms with Crippen LogP contribution in [-0.2, 0) is 9.59 Å². The second-order valence-electron chi connectivity index (χ2n) is 15.7. The predicted molar refractivity (Wildman–Crippen MR) is 215 cm³/mol. The minimum atomic E-state index is -1.08. The number of phenolic OH excluding ortho intramolecular Hbond substituents is 2. The van der Waals surface area contributed by atoms with Crippen LogP contribution in [0.4, 0.5) is 10.1 Å². The zero-order valence-corrected chi connectivity index (χ0v) is 32.0. The highest BCUT2D eigenvalue weighted by Gasteiger charge is 2.45. The van der Waals surface area contributed by atoms with Gasteiger partial charge in [0.15, 0.2) is 0 Å². The van der Waals surface area contributed by atoms with E-state index in [2.05, 4.69) is 46.3 Å². The van der Waals surface area contributed by atoms with Crippen LogP contribution >= 0.6 is 0 Å². The molecule has 3 fully saturated rings. The van der Waals surface area contributed by atoms with Gasteiger partial charge in [-0.05, 0) is 145 Å². The molecule has 4 aliphatic rings. The molecular formula is C46H47FN4O6.